The Morgan fingerprint density at radius 3 is 2.70 bits per heavy atom. The zero-order valence-corrected chi connectivity index (χ0v) is 13.0. The van der Waals surface area contributed by atoms with E-state index in [1.807, 2.05) is 0 Å². The largest absolute Gasteiger partial charge is 0.497 e. The lowest BCUT2D eigenvalue weighted by atomic mass is 10.1. The van der Waals surface area contributed by atoms with Gasteiger partial charge in [-0.15, -0.1) is 0 Å². The van der Waals surface area contributed by atoms with Gasteiger partial charge >= 0.3 is 0 Å². The smallest absolute Gasteiger partial charge is 0.164 e. The summed E-state index contributed by atoms with van der Waals surface area (Å²) < 4.78 is 17.9. The van der Waals surface area contributed by atoms with E-state index in [9.17, 15) is 14.3 Å². The highest BCUT2D eigenvalue weighted by Gasteiger charge is 2.09. The van der Waals surface area contributed by atoms with Crippen LogP contribution in [0.3, 0.4) is 0 Å². The quantitative estimate of drug-likeness (QED) is 0.580. The van der Waals surface area contributed by atoms with Crippen LogP contribution in [0.25, 0.3) is 0 Å². The summed E-state index contributed by atoms with van der Waals surface area (Å²) in [6.45, 7) is 0.755. The van der Waals surface area contributed by atoms with Crippen LogP contribution in [0.5, 0.6) is 5.75 Å². The second-order valence-corrected chi connectivity index (χ2v) is 5.18. The van der Waals surface area contributed by atoms with Crippen molar-refractivity contribution in [2.75, 3.05) is 20.2 Å². The molecule has 122 valence electrons. The van der Waals surface area contributed by atoms with Gasteiger partial charge in [0.25, 0.3) is 0 Å². The van der Waals surface area contributed by atoms with E-state index in [-0.39, 0.29) is 11.6 Å². The maximum absolute atomic E-state index is 12.8. The molecule has 23 heavy (non-hydrogen) atoms. The summed E-state index contributed by atoms with van der Waals surface area (Å²) in [4.78, 5) is 12.1. The van der Waals surface area contributed by atoms with Crippen molar-refractivity contribution in [1.82, 2.24) is 5.32 Å². The van der Waals surface area contributed by atoms with Crippen molar-refractivity contribution >= 4 is 5.78 Å². The summed E-state index contributed by atoms with van der Waals surface area (Å²) >= 11 is 0. The molecule has 0 saturated carbocycles. The predicted molar refractivity (Wildman–Crippen MR) is 86.2 cm³/mol. The SMILES string of the molecule is COc1cccc(C(=O)CCNCC(O)c2ccc(F)cc2)c1. The van der Waals surface area contributed by atoms with Gasteiger partial charge in [-0.2, -0.15) is 0 Å². The minimum atomic E-state index is -0.734. The van der Waals surface area contributed by atoms with Crippen molar-refractivity contribution in [3.8, 4) is 5.75 Å². The van der Waals surface area contributed by atoms with Crippen LogP contribution in [0.4, 0.5) is 4.39 Å². The molecule has 0 aliphatic heterocycles. The van der Waals surface area contributed by atoms with E-state index in [0.29, 0.717) is 36.4 Å². The van der Waals surface area contributed by atoms with Gasteiger partial charge < -0.3 is 15.2 Å². The number of aliphatic hydroxyl groups excluding tert-OH is 1. The van der Waals surface area contributed by atoms with Crippen LogP contribution in [-0.2, 0) is 0 Å². The number of Topliss-reactive ketones (excluding diaryl/α,β-unsaturated/α-hetero) is 1. The maximum atomic E-state index is 12.8. The molecule has 2 rings (SSSR count). The second-order valence-electron chi connectivity index (χ2n) is 5.18. The molecule has 2 N–H and O–H groups in total. The second kappa shape index (κ2) is 8.41. The van der Waals surface area contributed by atoms with Gasteiger partial charge in [0.15, 0.2) is 5.78 Å². The monoisotopic (exact) mass is 317 g/mol. The number of nitrogens with one attached hydrogen (secondary N) is 1. The van der Waals surface area contributed by atoms with Crippen LogP contribution in [0.1, 0.15) is 28.4 Å². The van der Waals surface area contributed by atoms with Gasteiger partial charge in [-0.3, -0.25) is 4.79 Å². The molecular formula is C18H20FNO3. The fourth-order valence-electron chi connectivity index (χ4n) is 2.18. The molecule has 1 unspecified atom stereocenters. The van der Waals surface area contributed by atoms with Crippen molar-refractivity contribution in [2.24, 2.45) is 0 Å². The summed E-state index contributed by atoms with van der Waals surface area (Å²) in [6, 6.07) is 12.7. The molecule has 5 heteroatoms. The lowest BCUT2D eigenvalue weighted by Gasteiger charge is -2.12. The van der Waals surface area contributed by atoms with E-state index >= 15 is 0 Å². The van der Waals surface area contributed by atoms with Gasteiger partial charge in [-0.1, -0.05) is 24.3 Å². The molecule has 2 aromatic rings. The van der Waals surface area contributed by atoms with Crippen LogP contribution in [0, 0.1) is 5.82 Å². The fraction of sp³-hybridized carbons (Fsp3) is 0.278. The molecular weight excluding hydrogens is 297 g/mol. The average molecular weight is 317 g/mol. The molecule has 0 spiro atoms. The van der Waals surface area contributed by atoms with Gasteiger partial charge in [-0.25, -0.2) is 4.39 Å². The summed E-state index contributed by atoms with van der Waals surface area (Å²) in [5.74, 6) is 0.320. The number of rotatable bonds is 8. The molecule has 0 fully saturated rings. The summed E-state index contributed by atoms with van der Waals surface area (Å²) in [5.41, 5.74) is 1.24. The van der Waals surface area contributed by atoms with Crippen LogP contribution in [0.15, 0.2) is 48.5 Å². The Hall–Kier alpha value is -2.24. The Kier molecular flexibility index (Phi) is 6.26. The zero-order valence-electron chi connectivity index (χ0n) is 13.0. The topological polar surface area (TPSA) is 58.6 Å². The zero-order chi connectivity index (χ0) is 16.7. The van der Waals surface area contributed by atoms with E-state index < -0.39 is 6.10 Å². The molecule has 0 aromatic heterocycles. The predicted octanol–water partition coefficient (Wildman–Crippen LogP) is 2.73. The molecule has 0 saturated heterocycles. The Morgan fingerprint density at radius 2 is 2.00 bits per heavy atom. The average Bonchev–Trinajstić information content (AvgIpc) is 2.59. The Morgan fingerprint density at radius 1 is 1.26 bits per heavy atom. The molecule has 0 radical (unpaired) electrons. The molecule has 2 aromatic carbocycles. The van der Waals surface area contributed by atoms with Crippen LogP contribution in [-0.4, -0.2) is 31.1 Å². The number of halogens is 1. The van der Waals surface area contributed by atoms with Crippen LogP contribution in [0.2, 0.25) is 0 Å². The fourth-order valence-corrected chi connectivity index (χ4v) is 2.18. The number of ether oxygens (including phenoxy) is 1. The molecule has 0 bridgehead atoms. The maximum Gasteiger partial charge on any atom is 0.164 e. The van der Waals surface area contributed by atoms with Gasteiger partial charge in [0.1, 0.15) is 11.6 Å². The Labute approximate surface area is 134 Å². The number of benzene rings is 2. The van der Waals surface area contributed by atoms with Crippen molar-refractivity contribution < 1.29 is 19.0 Å². The number of carbonyl (C=O) groups excluding carboxylic acids is 1. The number of ketones is 1. The molecule has 1 atom stereocenters. The van der Waals surface area contributed by atoms with Crippen LogP contribution >= 0.6 is 0 Å². The van der Waals surface area contributed by atoms with Crippen LogP contribution < -0.4 is 10.1 Å². The Balaban J connectivity index is 1.76. The lowest BCUT2D eigenvalue weighted by molar-refractivity contribution is 0.0979. The van der Waals surface area contributed by atoms with E-state index in [4.69, 9.17) is 4.74 Å². The first-order chi connectivity index (χ1) is 11.1. The Bertz CT molecular complexity index is 643. The minimum absolute atomic E-state index is 0.00710. The van der Waals surface area contributed by atoms with Crippen molar-refractivity contribution in [3.05, 3.63) is 65.5 Å². The first-order valence-electron chi connectivity index (χ1n) is 7.41. The third-order valence-corrected chi connectivity index (χ3v) is 3.51. The summed E-state index contributed by atoms with van der Waals surface area (Å²) in [6.07, 6.45) is -0.411. The normalized spacial score (nSPS) is 12.0. The van der Waals surface area contributed by atoms with E-state index in [1.54, 1.807) is 43.5 Å². The van der Waals surface area contributed by atoms with Gasteiger partial charge in [0.05, 0.1) is 13.2 Å². The number of carbonyl (C=O) groups is 1. The lowest BCUT2D eigenvalue weighted by Crippen LogP contribution is -2.24. The van der Waals surface area contributed by atoms with E-state index in [0.717, 1.165) is 0 Å². The minimum Gasteiger partial charge on any atom is -0.497 e. The summed E-state index contributed by atoms with van der Waals surface area (Å²) in [7, 11) is 1.56. The van der Waals surface area contributed by atoms with E-state index in [2.05, 4.69) is 5.32 Å². The standard InChI is InChI=1S/C18H20FNO3/c1-23-16-4-2-3-14(11-16)17(21)9-10-20-12-18(22)13-5-7-15(19)8-6-13/h2-8,11,18,20,22H,9-10,12H2,1H3. The van der Waals surface area contributed by atoms with Crippen molar-refractivity contribution in [1.29, 1.82) is 0 Å². The number of hydrogen-bond acceptors (Lipinski definition) is 4. The third-order valence-electron chi connectivity index (χ3n) is 3.51. The highest BCUT2D eigenvalue weighted by Crippen LogP contribution is 2.14. The van der Waals surface area contributed by atoms with E-state index in [1.165, 1.54) is 12.1 Å². The molecule has 4 nitrogen and oxygen atoms in total. The number of hydrogen-bond donors (Lipinski definition) is 2. The first kappa shape index (κ1) is 17.1. The number of methoxy groups -OCH3 is 1. The highest BCUT2D eigenvalue weighted by molar-refractivity contribution is 5.96. The van der Waals surface area contributed by atoms with Crippen molar-refractivity contribution in [2.45, 2.75) is 12.5 Å². The summed E-state index contributed by atoms with van der Waals surface area (Å²) in [5, 5.41) is 13.0. The van der Waals surface area contributed by atoms with Gasteiger partial charge in [0.2, 0.25) is 0 Å². The number of aliphatic hydroxyl groups is 1. The molecule has 0 aliphatic rings. The molecule has 0 heterocycles. The molecule has 0 amide bonds. The third kappa shape index (κ3) is 5.16. The first-order valence-corrected chi connectivity index (χ1v) is 7.41. The molecule has 0 aliphatic carbocycles. The van der Waals surface area contributed by atoms with Crippen molar-refractivity contribution in [3.63, 3.8) is 0 Å². The highest BCUT2D eigenvalue weighted by atomic mass is 19.1. The van der Waals surface area contributed by atoms with Gasteiger partial charge in [-0.05, 0) is 29.8 Å². The van der Waals surface area contributed by atoms with Gasteiger partial charge in [0, 0.05) is 25.1 Å².